The fourth-order valence-electron chi connectivity index (χ4n) is 1.93. The molecular formula is C15H21N3O3. The minimum absolute atomic E-state index is 0.0564. The van der Waals surface area contributed by atoms with Crippen LogP contribution in [0.15, 0.2) is 18.2 Å². The highest BCUT2D eigenvalue weighted by atomic mass is 16.5. The zero-order valence-electron chi connectivity index (χ0n) is 12.1. The number of hydrogen-bond acceptors (Lipinski definition) is 4. The first-order valence-electron chi connectivity index (χ1n) is 7.11. The molecule has 114 valence electrons. The smallest absolute Gasteiger partial charge is 0.251 e. The molecule has 0 aromatic heterocycles. The topological polar surface area (TPSA) is 93.4 Å². The third-order valence-corrected chi connectivity index (χ3v) is 3.30. The van der Waals surface area contributed by atoms with Gasteiger partial charge in [0.1, 0.15) is 5.75 Å². The molecule has 0 unspecified atom stereocenters. The predicted molar refractivity (Wildman–Crippen MR) is 80.1 cm³/mol. The van der Waals surface area contributed by atoms with Crippen molar-refractivity contribution in [1.82, 2.24) is 10.6 Å². The monoisotopic (exact) mass is 291 g/mol. The van der Waals surface area contributed by atoms with E-state index in [0.29, 0.717) is 42.4 Å². The number of amides is 2. The van der Waals surface area contributed by atoms with Crippen LogP contribution < -0.4 is 21.1 Å². The summed E-state index contributed by atoms with van der Waals surface area (Å²) in [6, 6.07) is 5.27. The van der Waals surface area contributed by atoms with E-state index >= 15 is 0 Å². The summed E-state index contributed by atoms with van der Waals surface area (Å²) >= 11 is 0. The second kappa shape index (κ2) is 6.97. The van der Waals surface area contributed by atoms with Crippen LogP contribution in [0.4, 0.5) is 5.69 Å². The summed E-state index contributed by atoms with van der Waals surface area (Å²) in [6.07, 6.45) is 3.22. The van der Waals surface area contributed by atoms with Gasteiger partial charge in [-0.2, -0.15) is 0 Å². The van der Waals surface area contributed by atoms with Gasteiger partial charge in [0.05, 0.1) is 12.8 Å². The van der Waals surface area contributed by atoms with Crippen LogP contribution >= 0.6 is 0 Å². The summed E-state index contributed by atoms with van der Waals surface area (Å²) < 4.78 is 5.08. The Bertz CT molecular complexity index is 527. The summed E-state index contributed by atoms with van der Waals surface area (Å²) in [5.74, 6) is 0.336. The molecule has 1 aromatic rings. The van der Waals surface area contributed by atoms with Crippen LogP contribution in [0.5, 0.6) is 5.75 Å². The van der Waals surface area contributed by atoms with E-state index in [4.69, 9.17) is 10.5 Å². The van der Waals surface area contributed by atoms with E-state index in [9.17, 15) is 9.59 Å². The average Bonchev–Trinajstić information content (AvgIpc) is 3.27. The van der Waals surface area contributed by atoms with Crippen molar-refractivity contribution in [1.29, 1.82) is 0 Å². The van der Waals surface area contributed by atoms with Gasteiger partial charge in [0.2, 0.25) is 5.91 Å². The van der Waals surface area contributed by atoms with Crippen LogP contribution in [0.25, 0.3) is 0 Å². The lowest BCUT2D eigenvalue weighted by atomic mass is 10.1. The van der Waals surface area contributed by atoms with Crippen molar-refractivity contribution in [3.63, 3.8) is 0 Å². The molecule has 0 bridgehead atoms. The summed E-state index contributed by atoms with van der Waals surface area (Å²) in [4.78, 5) is 23.4. The normalized spacial score (nSPS) is 13.6. The maximum Gasteiger partial charge on any atom is 0.251 e. The van der Waals surface area contributed by atoms with Crippen LogP contribution in [-0.2, 0) is 4.79 Å². The van der Waals surface area contributed by atoms with Gasteiger partial charge >= 0.3 is 0 Å². The molecule has 1 saturated carbocycles. The molecule has 2 rings (SSSR count). The van der Waals surface area contributed by atoms with E-state index in [1.54, 1.807) is 18.2 Å². The van der Waals surface area contributed by atoms with E-state index in [0.717, 1.165) is 12.8 Å². The number of anilines is 1. The van der Waals surface area contributed by atoms with Gasteiger partial charge in [-0.05, 0) is 37.5 Å². The Morgan fingerprint density at radius 2 is 2.14 bits per heavy atom. The van der Waals surface area contributed by atoms with Crippen LogP contribution in [0, 0.1) is 0 Å². The van der Waals surface area contributed by atoms with Gasteiger partial charge in [0, 0.05) is 24.6 Å². The van der Waals surface area contributed by atoms with Gasteiger partial charge < -0.3 is 21.1 Å². The molecule has 0 heterocycles. The zero-order chi connectivity index (χ0) is 15.2. The first-order chi connectivity index (χ1) is 10.1. The van der Waals surface area contributed by atoms with Crippen LogP contribution in [0.1, 0.15) is 36.0 Å². The predicted octanol–water partition coefficient (Wildman–Crippen LogP) is 1.07. The van der Waals surface area contributed by atoms with Crippen LogP contribution in [-0.4, -0.2) is 31.5 Å². The number of nitrogen functional groups attached to an aromatic ring is 1. The van der Waals surface area contributed by atoms with Gasteiger partial charge in [-0.3, -0.25) is 9.59 Å². The van der Waals surface area contributed by atoms with Crippen molar-refractivity contribution < 1.29 is 14.3 Å². The van der Waals surface area contributed by atoms with E-state index in [2.05, 4.69) is 10.6 Å². The molecule has 0 atom stereocenters. The third-order valence-electron chi connectivity index (χ3n) is 3.30. The molecule has 0 radical (unpaired) electrons. The van der Waals surface area contributed by atoms with E-state index in [1.165, 1.54) is 7.11 Å². The Hall–Kier alpha value is -2.24. The summed E-state index contributed by atoms with van der Waals surface area (Å²) in [5.41, 5.74) is 6.68. The Labute approximate surface area is 124 Å². The van der Waals surface area contributed by atoms with E-state index in [-0.39, 0.29) is 11.8 Å². The van der Waals surface area contributed by atoms with Gasteiger partial charge in [-0.25, -0.2) is 0 Å². The fourth-order valence-corrected chi connectivity index (χ4v) is 1.93. The Morgan fingerprint density at radius 1 is 1.38 bits per heavy atom. The van der Waals surface area contributed by atoms with Crippen molar-refractivity contribution in [3.8, 4) is 5.75 Å². The lowest BCUT2D eigenvalue weighted by Crippen LogP contribution is -2.28. The molecule has 21 heavy (non-hydrogen) atoms. The maximum atomic E-state index is 11.9. The lowest BCUT2D eigenvalue weighted by molar-refractivity contribution is -0.121. The minimum Gasteiger partial charge on any atom is -0.495 e. The Morgan fingerprint density at radius 3 is 2.81 bits per heavy atom. The number of ether oxygens (including phenoxy) is 1. The first kappa shape index (κ1) is 15.2. The van der Waals surface area contributed by atoms with Crippen molar-refractivity contribution in [3.05, 3.63) is 23.8 Å². The molecule has 0 saturated heterocycles. The molecule has 6 heteroatoms. The summed E-state index contributed by atoms with van der Waals surface area (Å²) in [5, 5.41) is 5.69. The van der Waals surface area contributed by atoms with Crippen molar-refractivity contribution in [2.24, 2.45) is 0 Å². The Balaban J connectivity index is 1.72. The van der Waals surface area contributed by atoms with E-state index in [1.807, 2.05) is 0 Å². The fraction of sp³-hybridized carbons (Fsp3) is 0.467. The molecule has 1 aliphatic carbocycles. The highest BCUT2D eigenvalue weighted by Gasteiger charge is 2.22. The zero-order valence-corrected chi connectivity index (χ0v) is 12.1. The molecule has 2 amide bonds. The summed E-state index contributed by atoms with van der Waals surface area (Å²) in [7, 11) is 1.51. The number of benzene rings is 1. The number of nitrogens with one attached hydrogen (secondary N) is 2. The first-order valence-corrected chi connectivity index (χ1v) is 7.11. The average molecular weight is 291 g/mol. The van der Waals surface area contributed by atoms with E-state index < -0.39 is 0 Å². The number of carbonyl (C=O) groups is 2. The van der Waals surface area contributed by atoms with Crippen molar-refractivity contribution in [2.45, 2.75) is 31.7 Å². The number of carbonyl (C=O) groups excluding carboxylic acids is 2. The Kier molecular flexibility index (Phi) is 5.03. The molecule has 1 aromatic carbocycles. The van der Waals surface area contributed by atoms with Crippen LogP contribution in [0.2, 0.25) is 0 Å². The number of rotatable bonds is 7. The van der Waals surface area contributed by atoms with Gasteiger partial charge in [0.25, 0.3) is 5.91 Å². The van der Waals surface area contributed by atoms with Gasteiger partial charge in [-0.1, -0.05) is 0 Å². The van der Waals surface area contributed by atoms with Gasteiger partial charge in [-0.15, -0.1) is 0 Å². The molecule has 0 aliphatic heterocycles. The summed E-state index contributed by atoms with van der Waals surface area (Å²) in [6.45, 7) is 0.462. The van der Waals surface area contributed by atoms with Crippen molar-refractivity contribution in [2.75, 3.05) is 19.4 Å². The largest absolute Gasteiger partial charge is 0.495 e. The molecule has 4 N–H and O–H groups in total. The number of hydrogen-bond donors (Lipinski definition) is 3. The highest BCUT2D eigenvalue weighted by molar-refractivity contribution is 5.95. The third kappa shape index (κ3) is 4.66. The molecule has 1 aliphatic rings. The lowest BCUT2D eigenvalue weighted by Gasteiger charge is -2.08. The SMILES string of the molecule is COc1cc(C(=O)NCCCC(=O)NC2CC2)ccc1N. The number of nitrogens with two attached hydrogens (primary N) is 1. The second-order valence-electron chi connectivity index (χ2n) is 5.16. The molecular weight excluding hydrogens is 270 g/mol. The van der Waals surface area contributed by atoms with Crippen LogP contribution in [0.3, 0.4) is 0 Å². The second-order valence-corrected chi connectivity index (χ2v) is 5.16. The van der Waals surface area contributed by atoms with Gasteiger partial charge in [0.15, 0.2) is 0 Å². The number of methoxy groups -OCH3 is 1. The molecule has 1 fully saturated rings. The van der Waals surface area contributed by atoms with Crippen molar-refractivity contribution >= 4 is 17.5 Å². The quantitative estimate of drug-likeness (QED) is 0.517. The minimum atomic E-state index is -0.198. The highest BCUT2D eigenvalue weighted by Crippen LogP contribution is 2.22. The molecule has 6 nitrogen and oxygen atoms in total. The molecule has 0 spiro atoms. The maximum absolute atomic E-state index is 11.9. The standard InChI is InChI=1S/C15H21N3O3/c1-21-13-9-10(4-7-12(13)16)15(20)17-8-2-3-14(19)18-11-5-6-11/h4,7,9,11H,2-3,5-6,8,16H2,1H3,(H,17,20)(H,18,19).